The molecule has 3 aromatic carbocycles. The van der Waals surface area contributed by atoms with Crippen molar-refractivity contribution in [2.24, 2.45) is 0 Å². The van der Waals surface area contributed by atoms with Crippen LogP contribution < -0.4 is 4.31 Å². The second-order valence-electron chi connectivity index (χ2n) is 11.0. The number of carbonyl (C=O) groups is 2. The molecule has 1 N–H and O–H groups in total. The van der Waals surface area contributed by atoms with E-state index in [-0.39, 0.29) is 17.2 Å². The highest BCUT2D eigenvalue weighted by atomic mass is 32.2. The predicted molar refractivity (Wildman–Crippen MR) is 171 cm³/mol. The fraction of sp³-hybridized carbons (Fsp3) is 0.233. The lowest BCUT2D eigenvalue weighted by molar-refractivity contribution is -0.163. The van der Waals surface area contributed by atoms with Crippen LogP contribution in [0.5, 0.6) is 0 Å². The van der Waals surface area contributed by atoms with Gasteiger partial charge in [-0.1, -0.05) is 78.6 Å². The number of thioether (sulfide) groups is 1. The normalized spacial score (nSPS) is 28.6. The number of piperazine rings is 1. The number of fused-ring (bicyclic) bond motifs is 6. The summed E-state index contributed by atoms with van der Waals surface area (Å²) < 4.78 is 32.1. The SMILES string of the molecule is CN1C(=O)C2(SC=S)CC3(c4c[nH]c5ccccc45)c4ccccc4N(S(=O)(=O)c4ccccc4)[C@@H]3N2C(=O)[C@@]1(C)S. The Morgan fingerprint density at radius 1 is 0.976 bits per heavy atom. The van der Waals surface area contributed by atoms with Crippen LogP contribution in [0.4, 0.5) is 5.69 Å². The van der Waals surface area contributed by atoms with Gasteiger partial charge in [-0.25, -0.2) is 12.7 Å². The van der Waals surface area contributed by atoms with Crippen LogP contribution in [0.25, 0.3) is 10.9 Å². The first-order valence-corrected chi connectivity index (χ1v) is 16.5. The van der Waals surface area contributed by atoms with Gasteiger partial charge in [0.15, 0.2) is 9.74 Å². The fourth-order valence-corrected chi connectivity index (χ4v) is 10.4. The van der Waals surface area contributed by atoms with Crippen molar-refractivity contribution in [3.63, 3.8) is 0 Å². The van der Waals surface area contributed by atoms with Crippen molar-refractivity contribution in [2.45, 2.75) is 39.6 Å². The Balaban J connectivity index is 1.63. The van der Waals surface area contributed by atoms with Crippen LogP contribution in [-0.4, -0.2) is 62.7 Å². The molecule has 3 aliphatic heterocycles. The van der Waals surface area contributed by atoms with Crippen LogP contribution in [-0.2, 0) is 25.0 Å². The molecule has 2 amide bonds. The predicted octanol–water partition coefficient (Wildman–Crippen LogP) is 4.73. The lowest BCUT2D eigenvalue weighted by Gasteiger charge is -2.52. The molecule has 2 fully saturated rings. The summed E-state index contributed by atoms with van der Waals surface area (Å²) in [5.41, 5.74) is 1.69. The molecule has 0 bridgehead atoms. The Morgan fingerprint density at radius 2 is 1.64 bits per heavy atom. The number of para-hydroxylation sites is 2. The van der Waals surface area contributed by atoms with Crippen LogP contribution in [0.15, 0.2) is 90.0 Å². The van der Waals surface area contributed by atoms with Gasteiger partial charge in [0.1, 0.15) is 6.17 Å². The third kappa shape index (κ3) is 3.26. The maximum absolute atomic E-state index is 14.7. The highest BCUT2D eigenvalue weighted by Crippen LogP contribution is 2.66. The fourth-order valence-electron chi connectivity index (χ4n) is 6.99. The van der Waals surface area contributed by atoms with Gasteiger partial charge >= 0.3 is 0 Å². The van der Waals surface area contributed by atoms with Crippen LogP contribution in [0.2, 0.25) is 0 Å². The molecule has 3 aliphatic rings. The molecule has 1 aromatic heterocycles. The van der Waals surface area contributed by atoms with Crippen molar-refractivity contribution < 1.29 is 18.0 Å². The summed E-state index contributed by atoms with van der Waals surface area (Å²) in [4.78, 5) is 32.2. The van der Waals surface area contributed by atoms with E-state index in [0.29, 0.717) is 11.3 Å². The molecule has 214 valence electrons. The summed E-state index contributed by atoms with van der Waals surface area (Å²) >= 11 is 11.1. The Kier molecular flexibility index (Phi) is 5.95. The number of hydrogen-bond acceptors (Lipinski definition) is 7. The number of hydrogen-bond donors (Lipinski definition) is 2. The number of anilines is 1. The zero-order valence-electron chi connectivity index (χ0n) is 22.6. The molecule has 7 rings (SSSR count). The van der Waals surface area contributed by atoms with Gasteiger partial charge in [0.05, 0.1) is 16.0 Å². The molecule has 0 saturated carbocycles. The van der Waals surface area contributed by atoms with Gasteiger partial charge in [-0.15, -0.1) is 12.6 Å². The molecule has 0 spiro atoms. The second kappa shape index (κ2) is 9.09. The number of likely N-dealkylation sites (N-methyl/N-ethyl adjacent to an activating group) is 1. The highest BCUT2D eigenvalue weighted by Gasteiger charge is 2.76. The Hall–Kier alpha value is -3.32. The van der Waals surface area contributed by atoms with Gasteiger partial charge in [-0.3, -0.25) is 14.5 Å². The standard InChI is InChI=1S/C30H26N4O4S4/c1-28(40)26(35)33-25-29(17-30(33,41-18-39)27(36)32(28)2,22-16-31-23-14-8-6-12-20(22)23)21-13-7-9-15-24(21)34(25)42(37,38)19-10-4-3-5-11-19/h3-16,18,25,31,40H,17H2,1-2H3/t25-,28+,29?,30?/m0/s1. The zero-order chi connectivity index (χ0) is 29.7. The smallest absolute Gasteiger partial charge is 0.266 e. The first kappa shape index (κ1) is 27.5. The summed E-state index contributed by atoms with van der Waals surface area (Å²) in [6.45, 7) is 1.56. The van der Waals surface area contributed by atoms with Gasteiger partial charge in [-0.2, -0.15) is 0 Å². The number of thiocarbonyl (C=S) groups is 1. The number of thiol groups is 1. The molecule has 2 unspecified atom stereocenters. The average molecular weight is 635 g/mol. The van der Waals surface area contributed by atoms with Crippen LogP contribution in [0.3, 0.4) is 0 Å². The number of aromatic amines is 1. The number of H-pyrrole nitrogens is 1. The Labute approximate surface area is 258 Å². The van der Waals surface area contributed by atoms with Gasteiger partial charge in [0.25, 0.3) is 21.8 Å². The van der Waals surface area contributed by atoms with Crippen LogP contribution >= 0.6 is 36.6 Å². The number of carbonyl (C=O) groups excluding carboxylic acids is 2. The Morgan fingerprint density at radius 3 is 2.38 bits per heavy atom. The summed E-state index contributed by atoms with van der Waals surface area (Å²) in [6, 6.07) is 23.2. The van der Waals surface area contributed by atoms with Gasteiger partial charge in [-0.05, 0) is 42.3 Å². The first-order valence-electron chi connectivity index (χ1n) is 13.2. The summed E-state index contributed by atoms with van der Waals surface area (Å²) in [6.07, 6.45) is 0.847. The molecule has 42 heavy (non-hydrogen) atoms. The van der Waals surface area contributed by atoms with E-state index in [1.807, 2.05) is 42.6 Å². The lowest BCUT2D eigenvalue weighted by atomic mass is 9.72. The van der Waals surface area contributed by atoms with E-state index in [1.165, 1.54) is 30.9 Å². The number of nitrogens with zero attached hydrogens (tertiary/aromatic N) is 3. The van der Waals surface area contributed by atoms with Crippen molar-refractivity contribution in [3.05, 3.63) is 96.2 Å². The Bertz CT molecular complexity index is 1910. The molecular formula is C30H26N4O4S4. The number of rotatable bonds is 5. The average Bonchev–Trinajstić information content (AvgIpc) is 3.63. The third-order valence-corrected chi connectivity index (χ3v) is 12.5. The molecular weight excluding hydrogens is 609 g/mol. The molecule has 12 heteroatoms. The van der Waals surface area contributed by atoms with Crippen molar-refractivity contribution in [2.75, 3.05) is 11.4 Å². The van der Waals surface area contributed by atoms with Gasteiger partial charge < -0.3 is 9.88 Å². The zero-order valence-corrected chi connectivity index (χ0v) is 25.9. The molecule has 0 radical (unpaired) electrons. The largest absolute Gasteiger partial charge is 0.361 e. The van der Waals surface area contributed by atoms with Crippen LogP contribution in [0.1, 0.15) is 24.5 Å². The van der Waals surface area contributed by atoms with Crippen molar-refractivity contribution in [1.82, 2.24) is 14.8 Å². The third-order valence-electron chi connectivity index (χ3n) is 8.97. The van der Waals surface area contributed by atoms with Crippen molar-refractivity contribution in [3.8, 4) is 0 Å². The topological polar surface area (TPSA) is 93.8 Å². The van der Waals surface area contributed by atoms with E-state index in [9.17, 15) is 18.0 Å². The molecule has 0 aliphatic carbocycles. The summed E-state index contributed by atoms with van der Waals surface area (Å²) in [5.74, 6) is -0.848. The van der Waals surface area contributed by atoms with E-state index in [4.69, 9.17) is 12.2 Å². The first-order chi connectivity index (χ1) is 20.0. The molecule has 2 saturated heterocycles. The number of benzene rings is 3. The van der Waals surface area contributed by atoms with Gasteiger partial charge in [0.2, 0.25) is 0 Å². The minimum Gasteiger partial charge on any atom is -0.361 e. The van der Waals surface area contributed by atoms with Gasteiger partial charge in [0, 0.05) is 35.3 Å². The molecule has 4 heterocycles. The molecule has 4 atom stereocenters. The molecule has 4 aromatic rings. The minimum atomic E-state index is -4.24. The van der Waals surface area contributed by atoms with E-state index in [2.05, 4.69) is 17.6 Å². The highest BCUT2D eigenvalue weighted by molar-refractivity contribution is 8.22. The number of nitrogens with one attached hydrogen (secondary N) is 1. The van der Waals surface area contributed by atoms with E-state index in [0.717, 1.165) is 28.2 Å². The maximum Gasteiger partial charge on any atom is 0.266 e. The van der Waals surface area contributed by atoms with Crippen molar-refractivity contribution >= 4 is 79.7 Å². The minimum absolute atomic E-state index is 0.0797. The monoisotopic (exact) mass is 634 g/mol. The quantitative estimate of drug-likeness (QED) is 0.244. The number of aromatic nitrogens is 1. The van der Waals surface area contributed by atoms with E-state index < -0.39 is 37.3 Å². The second-order valence-corrected chi connectivity index (χ2v) is 15.3. The van der Waals surface area contributed by atoms with E-state index >= 15 is 0 Å². The maximum atomic E-state index is 14.7. The number of amides is 2. The van der Waals surface area contributed by atoms with E-state index in [1.54, 1.807) is 44.3 Å². The number of sulfonamides is 1. The molecule has 8 nitrogen and oxygen atoms in total. The van der Waals surface area contributed by atoms with Crippen LogP contribution in [0, 0.1) is 0 Å². The summed E-state index contributed by atoms with van der Waals surface area (Å²) in [5, 5.41) is 0.875. The van der Waals surface area contributed by atoms with Crippen molar-refractivity contribution in [1.29, 1.82) is 0 Å². The summed E-state index contributed by atoms with van der Waals surface area (Å²) in [7, 11) is -2.69. The lowest BCUT2D eigenvalue weighted by Crippen LogP contribution is -2.73.